The molecule has 1 aromatic carbocycles. The summed E-state index contributed by atoms with van der Waals surface area (Å²) in [7, 11) is 0. The van der Waals surface area contributed by atoms with Gasteiger partial charge in [0.05, 0.1) is 5.56 Å². The Morgan fingerprint density at radius 1 is 1.54 bits per heavy atom. The topological polar surface area (TPSA) is 63.3 Å². The van der Waals surface area contributed by atoms with E-state index in [1.165, 1.54) is 0 Å². The first-order valence-corrected chi connectivity index (χ1v) is 4.12. The molecule has 3 heteroatoms. The fourth-order valence-electron chi connectivity index (χ4n) is 1.47. The van der Waals surface area contributed by atoms with E-state index >= 15 is 0 Å². The van der Waals surface area contributed by atoms with Crippen molar-refractivity contribution in [3.63, 3.8) is 0 Å². The van der Waals surface area contributed by atoms with Crippen molar-refractivity contribution in [1.82, 2.24) is 0 Å². The standard InChI is InChI=1S/C10H13NO2/c1-6-4-3-5-8(10(12)13)9(6)7(2)11/h3-5,7H,11H2,1-2H3,(H,12,13)/t7-/m0/s1. The molecule has 0 fully saturated rings. The predicted octanol–water partition coefficient (Wildman–Crippen LogP) is 1.71. The van der Waals surface area contributed by atoms with E-state index in [1.807, 2.05) is 13.0 Å². The largest absolute Gasteiger partial charge is 0.478 e. The molecule has 1 atom stereocenters. The van der Waals surface area contributed by atoms with E-state index in [4.69, 9.17) is 10.8 Å². The van der Waals surface area contributed by atoms with Crippen molar-refractivity contribution in [2.24, 2.45) is 5.73 Å². The lowest BCUT2D eigenvalue weighted by Gasteiger charge is -2.12. The molecule has 0 amide bonds. The van der Waals surface area contributed by atoms with Gasteiger partial charge in [0.1, 0.15) is 0 Å². The molecule has 70 valence electrons. The smallest absolute Gasteiger partial charge is 0.336 e. The van der Waals surface area contributed by atoms with Crippen LogP contribution < -0.4 is 5.73 Å². The van der Waals surface area contributed by atoms with Gasteiger partial charge in [0, 0.05) is 6.04 Å². The van der Waals surface area contributed by atoms with Crippen molar-refractivity contribution in [3.05, 3.63) is 34.9 Å². The minimum Gasteiger partial charge on any atom is -0.478 e. The number of aryl methyl sites for hydroxylation is 1. The van der Waals surface area contributed by atoms with Crippen LogP contribution in [0.15, 0.2) is 18.2 Å². The molecule has 0 heterocycles. The number of carbonyl (C=O) groups is 1. The highest BCUT2D eigenvalue weighted by molar-refractivity contribution is 5.90. The molecule has 0 aromatic heterocycles. The molecule has 0 unspecified atom stereocenters. The van der Waals surface area contributed by atoms with Gasteiger partial charge in [0.2, 0.25) is 0 Å². The van der Waals surface area contributed by atoms with Gasteiger partial charge in [-0.2, -0.15) is 0 Å². The first-order chi connectivity index (χ1) is 6.04. The number of hydrogen-bond donors (Lipinski definition) is 2. The third-order valence-electron chi connectivity index (χ3n) is 2.01. The van der Waals surface area contributed by atoms with Crippen molar-refractivity contribution < 1.29 is 9.90 Å². The van der Waals surface area contributed by atoms with Crippen molar-refractivity contribution in [3.8, 4) is 0 Å². The number of benzene rings is 1. The molecule has 3 nitrogen and oxygen atoms in total. The minimum atomic E-state index is -0.920. The Bertz CT molecular complexity index is 332. The summed E-state index contributed by atoms with van der Waals surface area (Å²) in [6, 6.07) is 4.93. The molecular formula is C10H13NO2. The number of carboxylic acid groups (broad SMARTS) is 1. The summed E-state index contributed by atoms with van der Waals surface area (Å²) in [5.41, 5.74) is 7.63. The molecule has 0 saturated carbocycles. The predicted molar refractivity (Wildman–Crippen MR) is 50.7 cm³/mol. The third-order valence-corrected chi connectivity index (χ3v) is 2.01. The van der Waals surface area contributed by atoms with Crippen LogP contribution in [-0.2, 0) is 0 Å². The molecule has 1 rings (SSSR count). The van der Waals surface area contributed by atoms with E-state index in [-0.39, 0.29) is 6.04 Å². The van der Waals surface area contributed by atoms with Crippen LogP contribution in [0.4, 0.5) is 0 Å². The SMILES string of the molecule is Cc1cccc(C(=O)O)c1[C@H](C)N. The molecule has 0 radical (unpaired) electrons. The maximum Gasteiger partial charge on any atom is 0.336 e. The molecule has 0 aliphatic heterocycles. The first-order valence-electron chi connectivity index (χ1n) is 4.12. The third kappa shape index (κ3) is 1.87. The lowest BCUT2D eigenvalue weighted by molar-refractivity contribution is 0.0695. The van der Waals surface area contributed by atoms with E-state index in [0.29, 0.717) is 5.56 Å². The summed E-state index contributed by atoms with van der Waals surface area (Å²) in [6.07, 6.45) is 0. The molecule has 0 aliphatic carbocycles. The maximum absolute atomic E-state index is 10.8. The highest BCUT2D eigenvalue weighted by atomic mass is 16.4. The monoisotopic (exact) mass is 179 g/mol. The summed E-state index contributed by atoms with van der Waals surface area (Å²) in [6.45, 7) is 3.65. The van der Waals surface area contributed by atoms with Gasteiger partial charge in [-0.15, -0.1) is 0 Å². The first kappa shape index (κ1) is 9.74. The maximum atomic E-state index is 10.8. The Balaban J connectivity index is 3.34. The van der Waals surface area contributed by atoms with E-state index in [9.17, 15) is 4.79 Å². The van der Waals surface area contributed by atoms with Gasteiger partial charge < -0.3 is 10.8 Å². The van der Waals surface area contributed by atoms with Crippen molar-refractivity contribution in [2.45, 2.75) is 19.9 Å². The van der Waals surface area contributed by atoms with Gasteiger partial charge in [-0.25, -0.2) is 4.79 Å². The fraction of sp³-hybridized carbons (Fsp3) is 0.300. The second kappa shape index (κ2) is 3.58. The summed E-state index contributed by atoms with van der Waals surface area (Å²) in [5.74, 6) is -0.920. The van der Waals surface area contributed by atoms with Crippen LogP contribution in [-0.4, -0.2) is 11.1 Å². The molecule has 3 N–H and O–H groups in total. The summed E-state index contributed by atoms with van der Waals surface area (Å²) < 4.78 is 0. The average Bonchev–Trinajstić information content (AvgIpc) is 2.02. The van der Waals surface area contributed by atoms with Crippen molar-refractivity contribution >= 4 is 5.97 Å². The van der Waals surface area contributed by atoms with Gasteiger partial charge in [0.15, 0.2) is 0 Å². The second-order valence-electron chi connectivity index (χ2n) is 3.13. The van der Waals surface area contributed by atoms with Gasteiger partial charge in [0.25, 0.3) is 0 Å². The van der Waals surface area contributed by atoms with Crippen molar-refractivity contribution in [2.75, 3.05) is 0 Å². The summed E-state index contributed by atoms with van der Waals surface area (Å²) >= 11 is 0. The molecule has 0 aliphatic rings. The van der Waals surface area contributed by atoms with Crippen LogP contribution in [0.5, 0.6) is 0 Å². The van der Waals surface area contributed by atoms with Gasteiger partial charge in [-0.05, 0) is 31.0 Å². The average molecular weight is 179 g/mol. The normalized spacial score (nSPS) is 12.5. The zero-order valence-corrected chi connectivity index (χ0v) is 7.74. The Hall–Kier alpha value is -1.35. The Morgan fingerprint density at radius 2 is 2.15 bits per heavy atom. The number of rotatable bonds is 2. The molecule has 13 heavy (non-hydrogen) atoms. The van der Waals surface area contributed by atoms with Crippen LogP contribution in [0.1, 0.15) is 34.5 Å². The van der Waals surface area contributed by atoms with E-state index in [1.54, 1.807) is 19.1 Å². The minimum absolute atomic E-state index is 0.243. The van der Waals surface area contributed by atoms with Crippen LogP contribution in [0.25, 0.3) is 0 Å². The summed E-state index contributed by atoms with van der Waals surface area (Å²) in [4.78, 5) is 10.8. The van der Waals surface area contributed by atoms with E-state index in [2.05, 4.69) is 0 Å². The number of hydrogen-bond acceptors (Lipinski definition) is 2. The van der Waals surface area contributed by atoms with E-state index < -0.39 is 5.97 Å². The molecule has 1 aromatic rings. The van der Waals surface area contributed by atoms with E-state index in [0.717, 1.165) is 11.1 Å². The molecule has 0 bridgehead atoms. The summed E-state index contributed by atoms with van der Waals surface area (Å²) in [5, 5.41) is 8.88. The zero-order chi connectivity index (χ0) is 10.0. The Labute approximate surface area is 77.2 Å². The second-order valence-corrected chi connectivity index (χ2v) is 3.13. The van der Waals surface area contributed by atoms with Crippen LogP contribution in [0.2, 0.25) is 0 Å². The highest BCUT2D eigenvalue weighted by Crippen LogP contribution is 2.20. The van der Waals surface area contributed by atoms with Gasteiger partial charge in [-0.1, -0.05) is 12.1 Å². The van der Waals surface area contributed by atoms with Gasteiger partial charge >= 0.3 is 5.97 Å². The molecule has 0 saturated heterocycles. The lowest BCUT2D eigenvalue weighted by Crippen LogP contribution is -2.13. The fourth-order valence-corrected chi connectivity index (χ4v) is 1.47. The molecular weight excluding hydrogens is 166 g/mol. The molecule has 0 spiro atoms. The van der Waals surface area contributed by atoms with Crippen LogP contribution in [0, 0.1) is 6.92 Å². The number of aromatic carboxylic acids is 1. The lowest BCUT2D eigenvalue weighted by atomic mass is 9.97. The van der Waals surface area contributed by atoms with Crippen molar-refractivity contribution in [1.29, 1.82) is 0 Å². The van der Waals surface area contributed by atoms with Crippen LogP contribution >= 0.6 is 0 Å². The van der Waals surface area contributed by atoms with Gasteiger partial charge in [-0.3, -0.25) is 0 Å². The quantitative estimate of drug-likeness (QED) is 0.726. The number of carboxylic acids is 1. The number of nitrogens with two attached hydrogens (primary N) is 1. The zero-order valence-electron chi connectivity index (χ0n) is 7.74. The Morgan fingerprint density at radius 3 is 2.54 bits per heavy atom. The van der Waals surface area contributed by atoms with Crippen LogP contribution in [0.3, 0.4) is 0 Å². The Kier molecular flexibility index (Phi) is 2.68. The highest BCUT2D eigenvalue weighted by Gasteiger charge is 2.14.